The molecule has 0 spiro atoms. The van der Waals surface area contributed by atoms with Crippen LogP contribution < -0.4 is 0 Å². The molecule has 3 atom stereocenters. The first kappa shape index (κ1) is 22.1. The van der Waals surface area contributed by atoms with Crippen molar-refractivity contribution >= 4 is 53.8 Å². The monoisotopic (exact) mass is 526 g/mol. The number of unbranched alkanes of at least 4 members (excludes halogenated alkanes) is 2. The van der Waals surface area contributed by atoms with Crippen molar-refractivity contribution in [3.8, 4) is 0 Å². The number of halogens is 3. The van der Waals surface area contributed by atoms with E-state index in [1.165, 1.54) is 12.8 Å². The van der Waals surface area contributed by atoms with E-state index >= 15 is 0 Å². The number of esters is 1. The van der Waals surface area contributed by atoms with Crippen molar-refractivity contribution in [3.05, 3.63) is 33.8 Å². The predicted octanol–water partition coefficient (Wildman–Crippen LogP) is 6.04. The van der Waals surface area contributed by atoms with Crippen molar-refractivity contribution in [1.82, 2.24) is 0 Å². The van der Waals surface area contributed by atoms with Crippen LogP contribution in [0.15, 0.2) is 22.7 Å². The van der Waals surface area contributed by atoms with Crippen molar-refractivity contribution in [2.24, 2.45) is 0 Å². The second-order valence-corrected chi connectivity index (χ2v) is 8.42. The van der Waals surface area contributed by atoms with E-state index in [0.717, 1.165) is 22.9 Å². The molecule has 24 heavy (non-hydrogen) atoms. The van der Waals surface area contributed by atoms with E-state index in [0.29, 0.717) is 10.9 Å². The fourth-order valence-electron chi connectivity index (χ4n) is 2.56. The molecule has 0 aliphatic heterocycles. The molecule has 0 saturated carbocycles. The molecule has 0 amide bonds. The zero-order valence-corrected chi connectivity index (χ0v) is 19.1. The average molecular weight is 529 g/mol. The number of rotatable bonds is 10. The Morgan fingerprint density at radius 2 is 2.00 bits per heavy atom. The second-order valence-electron chi connectivity index (χ2n) is 5.74. The van der Waals surface area contributed by atoms with Crippen LogP contribution in [-0.4, -0.2) is 35.4 Å². The Bertz CT molecular complexity index is 502. The van der Waals surface area contributed by atoms with Crippen LogP contribution in [0, 0.1) is 6.92 Å². The molecule has 0 radical (unpaired) electrons. The van der Waals surface area contributed by atoms with Gasteiger partial charge in [-0.15, -0.1) is 0 Å². The van der Waals surface area contributed by atoms with Gasteiger partial charge < -0.3 is 9.47 Å². The lowest BCUT2D eigenvalue weighted by atomic mass is 10.1. The molecule has 1 unspecified atom stereocenters. The Labute approximate surface area is 170 Å². The second kappa shape index (κ2) is 11.7. The summed E-state index contributed by atoms with van der Waals surface area (Å²) >= 11 is 10.6. The number of aryl methyl sites for hydroxylation is 1. The summed E-state index contributed by atoms with van der Waals surface area (Å²) in [5, 5.41) is 0.524. The van der Waals surface area contributed by atoms with Gasteiger partial charge in [0.25, 0.3) is 0 Å². The molecule has 0 heterocycles. The molecule has 0 N–H and O–H groups in total. The molecule has 1 rings (SSSR count). The van der Waals surface area contributed by atoms with Crippen molar-refractivity contribution in [2.45, 2.75) is 56.6 Å². The van der Waals surface area contributed by atoms with Crippen molar-refractivity contribution in [2.75, 3.05) is 12.4 Å². The first-order valence-electron chi connectivity index (χ1n) is 8.15. The first-order valence-corrected chi connectivity index (χ1v) is 11.0. The maximum Gasteiger partial charge on any atom is 0.339 e. The molecule has 3 nitrogen and oxygen atoms in total. The van der Waals surface area contributed by atoms with Crippen LogP contribution in [0.2, 0.25) is 0 Å². The normalized spacial score (nSPS) is 14.9. The highest BCUT2D eigenvalue weighted by Gasteiger charge is 2.31. The van der Waals surface area contributed by atoms with Gasteiger partial charge in [-0.3, -0.25) is 0 Å². The van der Waals surface area contributed by atoms with Gasteiger partial charge in [0.2, 0.25) is 0 Å². The molecule has 1 aromatic carbocycles. The summed E-state index contributed by atoms with van der Waals surface area (Å²) in [6, 6.07) is 5.65. The minimum atomic E-state index is -0.361. The highest BCUT2D eigenvalue weighted by atomic mass is 79.9. The van der Waals surface area contributed by atoms with Gasteiger partial charge in [0.15, 0.2) is 0 Å². The summed E-state index contributed by atoms with van der Waals surface area (Å²) in [5.41, 5.74) is 1.45. The maximum atomic E-state index is 12.6. The summed E-state index contributed by atoms with van der Waals surface area (Å²) in [6.07, 6.45) is 3.91. The predicted molar refractivity (Wildman–Crippen MR) is 110 cm³/mol. The Hall–Kier alpha value is 0.0900. The third kappa shape index (κ3) is 6.43. The highest BCUT2D eigenvalue weighted by Crippen LogP contribution is 2.26. The van der Waals surface area contributed by atoms with E-state index in [1.54, 1.807) is 7.11 Å². The van der Waals surface area contributed by atoms with E-state index in [1.807, 2.05) is 25.1 Å². The number of carbonyl (C=O) groups is 1. The SMILES string of the molecule is CCCCC[C@@H](Br)[C@H](OC)C(CBr)OC(=O)c1c(C)cccc1Br. The minimum absolute atomic E-state index is 0.143. The summed E-state index contributed by atoms with van der Waals surface area (Å²) < 4.78 is 12.1. The quantitative estimate of drug-likeness (QED) is 0.211. The van der Waals surface area contributed by atoms with E-state index in [4.69, 9.17) is 9.47 Å². The van der Waals surface area contributed by atoms with Gasteiger partial charge in [-0.2, -0.15) is 0 Å². The number of alkyl halides is 2. The van der Waals surface area contributed by atoms with Gasteiger partial charge in [-0.1, -0.05) is 70.2 Å². The summed E-state index contributed by atoms with van der Waals surface area (Å²) in [6.45, 7) is 4.08. The van der Waals surface area contributed by atoms with E-state index < -0.39 is 0 Å². The molecule has 0 aliphatic carbocycles. The van der Waals surface area contributed by atoms with E-state index in [2.05, 4.69) is 54.7 Å². The standard InChI is InChI=1S/C18H25Br3O3/c1-4-5-6-9-14(21)17(23-3)15(11-19)24-18(22)16-12(2)8-7-10-13(16)20/h7-8,10,14-15,17H,4-6,9,11H2,1-3H3/t14-,15?,17+/m1/s1. The zero-order chi connectivity index (χ0) is 18.1. The third-order valence-electron chi connectivity index (χ3n) is 3.92. The third-order valence-corrected chi connectivity index (χ3v) is 6.19. The first-order chi connectivity index (χ1) is 11.5. The number of carbonyl (C=O) groups excluding carboxylic acids is 1. The van der Waals surface area contributed by atoms with Gasteiger partial charge in [-0.25, -0.2) is 4.79 Å². The molecular weight excluding hydrogens is 504 g/mol. The lowest BCUT2D eigenvalue weighted by molar-refractivity contribution is -0.0264. The van der Waals surface area contributed by atoms with Gasteiger partial charge in [0.05, 0.1) is 5.56 Å². The largest absolute Gasteiger partial charge is 0.455 e. The van der Waals surface area contributed by atoms with Gasteiger partial charge in [0, 0.05) is 21.7 Å². The number of benzene rings is 1. The Morgan fingerprint density at radius 3 is 2.54 bits per heavy atom. The number of hydrogen-bond donors (Lipinski definition) is 0. The fourth-order valence-corrected chi connectivity index (χ4v) is 4.57. The van der Waals surface area contributed by atoms with Crippen LogP contribution in [-0.2, 0) is 9.47 Å². The molecule has 0 aliphatic rings. The van der Waals surface area contributed by atoms with E-state index in [9.17, 15) is 4.79 Å². The lowest BCUT2D eigenvalue weighted by Gasteiger charge is -2.28. The molecule has 0 saturated heterocycles. The van der Waals surface area contributed by atoms with Crippen LogP contribution in [0.4, 0.5) is 0 Å². The molecule has 1 aromatic rings. The summed E-state index contributed by atoms with van der Waals surface area (Å²) in [7, 11) is 1.66. The van der Waals surface area contributed by atoms with Crippen LogP contribution in [0.3, 0.4) is 0 Å². The molecular formula is C18H25Br3O3. The smallest absolute Gasteiger partial charge is 0.339 e. The Balaban J connectivity index is 2.81. The van der Waals surface area contributed by atoms with E-state index in [-0.39, 0.29) is 23.0 Å². The van der Waals surface area contributed by atoms with Crippen LogP contribution >= 0.6 is 47.8 Å². The lowest BCUT2D eigenvalue weighted by Crippen LogP contribution is -2.40. The van der Waals surface area contributed by atoms with Crippen LogP contribution in [0.25, 0.3) is 0 Å². The topological polar surface area (TPSA) is 35.5 Å². The van der Waals surface area contributed by atoms with Crippen molar-refractivity contribution < 1.29 is 14.3 Å². The summed E-state index contributed by atoms with van der Waals surface area (Å²) in [5.74, 6) is -0.334. The van der Waals surface area contributed by atoms with Crippen LogP contribution in [0.5, 0.6) is 0 Å². The fraction of sp³-hybridized carbons (Fsp3) is 0.611. The average Bonchev–Trinajstić information content (AvgIpc) is 2.54. The minimum Gasteiger partial charge on any atom is -0.455 e. The van der Waals surface area contributed by atoms with Crippen molar-refractivity contribution in [3.63, 3.8) is 0 Å². The number of methoxy groups -OCH3 is 1. The molecule has 136 valence electrons. The Kier molecular flexibility index (Phi) is 10.7. The molecule has 6 heteroatoms. The molecule has 0 aromatic heterocycles. The van der Waals surface area contributed by atoms with Gasteiger partial charge >= 0.3 is 5.97 Å². The maximum absolute atomic E-state index is 12.6. The molecule has 0 bridgehead atoms. The number of hydrogen-bond acceptors (Lipinski definition) is 3. The number of ether oxygens (including phenoxy) is 2. The van der Waals surface area contributed by atoms with Crippen molar-refractivity contribution in [1.29, 1.82) is 0 Å². The zero-order valence-electron chi connectivity index (χ0n) is 14.4. The van der Waals surface area contributed by atoms with Gasteiger partial charge in [0.1, 0.15) is 12.2 Å². The Morgan fingerprint density at radius 1 is 1.29 bits per heavy atom. The summed E-state index contributed by atoms with van der Waals surface area (Å²) in [4.78, 5) is 12.8. The molecule has 0 fully saturated rings. The van der Waals surface area contributed by atoms with Gasteiger partial charge in [-0.05, 0) is 40.9 Å². The highest BCUT2D eigenvalue weighted by molar-refractivity contribution is 9.10. The van der Waals surface area contributed by atoms with Crippen LogP contribution in [0.1, 0.15) is 48.5 Å².